The fourth-order valence-corrected chi connectivity index (χ4v) is 2.07. The third kappa shape index (κ3) is 4.18. The van der Waals surface area contributed by atoms with Gasteiger partial charge in [0.15, 0.2) is 0 Å². The minimum absolute atomic E-state index is 0.00714. The molecule has 0 aliphatic carbocycles. The summed E-state index contributed by atoms with van der Waals surface area (Å²) in [7, 11) is 1.69. The number of fused-ring (bicyclic) bond motifs is 1. The molecule has 0 radical (unpaired) electrons. The standard InChI is InChI=1S/C16H22N2O2/c1-3-8-17-11-15(12-19-2)20-14-7-6-13-5-4-9-18-16(13)10-14/h4-7,9-10,15,17H,3,8,11-12H2,1-2H3. The Balaban J connectivity index is 2.03. The van der Waals surface area contributed by atoms with Crippen LogP contribution in [0, 0.1) is 0 Å². The average molecular weight is 274 g/mol. The molecule has 1 atom stereocenters. The molecule has 2 rings (SSSR count). The molecule has 1 aromatic carbocycles. The number of methoxy groups -OCH3 is 1. The van der Waals surface area contributed by atoms with Gasteiger partial charge in [-0.25, -0.2) is 0 Å². The van der Waals surface area contributed by atoms with Crippen LogP contribution in [0.3, 0.4) is 0 Å². The maximum Gasteiger partial charge on any atom is 0.134 e. The molecule has 2 aromatic rings. The summed E-state index contributed by atoms with van der Waals surface area (Å²) in [6.45, 7) is 4.48. The summed E-state index contributed by atoms with van der Waals surface area (Å²) in [5.74, 6) is 0.830. The number of rotatable bonds is 8. The maximum absolute atomic E-state index is 5.98. The third-order valence-corrected chi connectivity index (χ3v) is 3.03. The molecule has 1 heterocycles. The molecule has 0 saturated heterocycles. The highest BCUT2D eigenvalue weighted by Gasteiger charge is 2.10. The van der Waals surface area contributed by atoms with Gasteiger partial charge in [-0.05, 0) is 31.2 Å². The van der Waals surface area contributed by atoms with E-state index in [4.69, 9.17) is 9.47 Å². The molecule has 4 heteroatoms. The van der Waals surface area contributed by atoms with Crippen LogP contribution in [0.5, 0.6) is 5.75 Å². The quantitative estimate of drug-likeness (QED) is 0.752. The van der Waals surface area contributed by atoms with E-state index in [1.165, 1.54) is 0 Å². The van der Waals surface area contributed by atoms with Crippen molar-refractivity contribution < 1.29 is 9.47 Å². The number of hydrogen-bond donors (Lipinski definition) is 1. The predicted molar refractivity (Wildman–Crippen MR) is 81.2 cm³/mol. The van der Waals surface area contributed by atoms with Gasteiger partial charge in [-0.3, -0.25) is 4.98 Å². The van der Waals surface area contributed by atoms with Gasteiger partial charge in [-0.15, -0.1) is 0 Å². The first kappa shape index (κ1) is 14.8. The predicted octanol–water partition coefficient (Wildman–Crippen LogP) is 2.63. The largest absolute Gasteiger partial charge is 0.487 e. The molecule has 4 nitrogen and oxygen atoms in total. The fraction of sp³-hybridized carbons (Fsp3) is 0.438. The zero-order valence-electron chi connectivity index (χ0n) is 12.1. The van der Waals surface area contributed by atoms with Crippen molar-refractivity contribution in [1.82, 2.24) is 10.3 Å². The summed E-state index contributed by atoms with van der Waals surface area (Å²) >= 11 is 0. The number of hydrogen-bond acceptors (Lipinski definition) is 4. The van der Waals surface area contributed by atoms with Crippen molar-refractivity contribution in [3.63, 3.8) is 0 Å². The van der Waals surface area contributed by atoms with Crippen LogP contribution in [-0.4, -0.2) is 37.9 Å². The van der Waals surface area contributed by atoms with Crippen LogP contribution < -0.4 is 10.1 Å². The molecule has 0 fully saturated rings. The Labute approximate surface area is 120 Å². The zero-order chi connectivity index (χ0) is 14.2. The summed E-state index contributed by atoms with van der Waals surface area (Å²) in [6, 6.07) is 9.96. The normalized spacial score (nSPS) is 12.5. The lowest BCUT2D eigenvalue weighted by Crippen LogP contribution is -2.35. The van der Waals surface area contributed by atoms with Crippen molar-refractivity contribution in [2.45, 2.75) is 19.4 Å². The second-order valence-corrected chi connectivity index (χ2v) is 4.76. The van der Waals surface area contributed by atoms with E-state index in [1.54, 1.807) is 13.3 Å². The van der Waals surface area contributed by atoms with Gasteiger partial charge in [-0.2, -0.15) is 0 Å². The van der Waals surface area contributed by atoms with Crippen molar-refractivity contribution in [3.8, 4) is 5.75 Å². The van der Waals surface area contributed by atoms with Gasteiger partial charge in [0.2, 0.25) is 0 Å². The fourth-order valence-electron chi connectivity index (χ4n) is 2.07. The number of ether oxygens (including phenoxy) is 2. The van der Waals surface area contributed by atoms with Gasteiger partial charge in [-0.1, -0.05) is 13.0 Å². The Morgan fingerprint density at radius 1 is 1.30 bits per heavy atom. The second-order valence-electron chi connectivity index (χ2n) is 4.76. The number of benzene rings is 1. The molecule has 0 bridgehead atoms. The molecule has 1 unspecified atom stereocenters. The van der Waals surface area contributed by atoms with Crippen LogP contribution in [0.15, 0.2) is 36.5 Å². The highest BCUT2D eigenvalue weighted by Crippen LogP contribution is 2.19. The Hall–Kier alpha value is -1.65. The highest BCUT2D eigenvalue weighted by atomic mass is 16.5. The van der Waals surface area contributed by atoms with Crippen molar-refractivity contribution in [2.75, 3.05) is 26.8 Å². The molecule has 0 saturated carbocycles. The van der Waals surface area contributed by atoms with Crippen LogP contribution in [0.25, 0.3) is 10.9 Å². The summed E-state index contributed by atoms with van der Waals surface area (Å²) in [4.78, 5) is 4.34. The zero-order valence-corrected chi connectivity index (χ0v) is 12.1. The van der Waals surface area contributed by atoms with E-state index in [-0.39, 0.29) is 6.10 Å². The molecule has 20 heavy (non-hydrogen) atoms. The molecular formula is C16H22N2O2. The first-order valence-corrected chi connectivity index (χ1v) is 7.04. The molecule has 0 aliphatic rings. The minimum Gasteiger partial charge on any atom is -0.487 e. The summed E-state index contributed by atoms with van der Waals surface area (Å²) < 4.78 is 11.2. The van der Waals surface area contributed by atoms with Crippen LogP contribution in [0.4, 0.5) is 0 Å². The van der Waals surface area contributed by atoms with Crippen LogP contribution in [0.2, 0.25) is 0 Å². The van der Waals surface area contributed by atoms with E-state index >= 15 is 0 Å². The lowest BCUT2D eigenvalue weighted by Gasteiger charge is -2.19. The number of nitrogens with zero attached hydrogens (tertiary/aromatic N) is 1. The lowest BCUT2D eigenvalue weighted by molar-refractivity contribution is 0.0808. The third-order valence-electron chi connectivity index (χ3n) is 3.03. The van der Waals surface area contributed by atoms with Crippen molar-refractivity contribution in [1.29, 1.82) is 0 Å². The smallest absolute Gasteiger partial charge is 0.134 e. The molecule has 0 aliphatic heterocycles. The van der Waals surface area contributed by atoms with Crippen molar-refractivity contribution in [3.05, 3.63) is 36.5 Å². The van der Waals surface area contributed by atoms with Gasteiger partial charge in [0, 0.05) is 31.3 Å². The minimum atomic E-state index is 0.00714. The van der Waals surface area contributed by atoms with Crippen molar-refractivity contribution in [2.24, 2.45) is 0 Å². The average Bonchev–Trinajstić information content (AvgIpc) is 2.47. The van der Waals surface area contributed by atoms with Crippen LogP contribution in [-0.2, 0) is 4.74 Å². The van der Waals surface area contributed by atoms with Crippen molar-refractivity contribution >= 4 is 10.9 Å². The van der Waals surface area contributed by atoms with Crippen LogP contribution >= 0.6 is 0 Å². The lowest BCUT2D eigenvalue weighted by atomic mass is 10.2. The topological polar surface area (TPSA) is 43.4 Å². The van der Waals surface area contributed by atoms with Crippen LogP contribution in [0.1, 0.15) is 13.3 Å². The van der Waals surface area contributed by atoms with Gasteiger partial charge in [0.1, 0.15) is 11.9 Å². The second kappa shape index (κ2) is 7.82. The van der Waals surface area contributed by atoms with E-state index in [2.05, 4.69) is 17.2 Å². The number of pyridine rings is 1. The SMILES string of the molecule is CCCNCC(COC)Oc1ccc2cccnc2c1. The molecule has 1 aromatic heterocycles. The Kier molecular flexibility index (Phi) is 5.77. The van der Waals surface area contributed by atoms with E-state index in [0.29, 0.717) is 6.61 Å². The Bertz CT molecular complexity index is 531. The van der Waals surface area contributed by atoms with Gasteiger partial charge in [0.25, 0.3) is 0 Å². The van der Waals surface area contributed by atoms with E-state index < -0.39 is 0 Å². The summed E-state index contributed by atoms with van der Waals surface area (Å²) in [5.41, 5.74) is 0.947. The number of aromatic nitrogens is 1. The summed E-state index contributed by atoms with van der Waals surface area (Å²) in [6.07, 6.45) is 2.91. The number of nitrogens with one attached hydrogen (secondary N) is 1. The van der Waals surface area contributed by atoms with E-state index in [9.17, 15) is 0 Å². The maximum atomic E-state index is 5.98. The molecule has 0 spiro atoms. The molecule has 0 amide bonds. The van der Waals surface area contributed by atoms with Gasteiger partial charge in [0.05, 0.1) is 12.1 Å². The molecule has 108 valence electrons. The molecule has 1 N–H and O–H groups in total. The highest BCUT2D eigenvalue weighted by molar-refractivity contribution is 5.79. The van der Waals surface area contributed by atoms with E-state index in [0.717, 1.165) is 36.2 Å². The summed E-state index contributed by atoms with van der Waals surface area (Å²) in [5, 5.41) is 4.47. The monoisotopic (exact) mass is 274 g/mol. The van der Waals surface area contributed by atoms with E-state index in [1.807, 2.05) is 30.3 Å². The Morgan fingerprint density at radius 3 is 3.00 bits per heavy atom. The first-order chi connectivity index (χ1) is 9.83. The van der Waals surface area contributed by atoms with Gasteiger partial charge >= 0.3 is 0 Å². The van der Waals surface area contributed by atoms with Gasteiger partial charge < -0.3 is 14.8 Å². The first-order valence-electron chi connectivity index (χ1n) is 7.04. The molecular weight excluding hydrogens is 252 g/mol. The Morgan fingerprint density at radius 2 is 2.20 bits per heavy atom.